The summed E-state index contributed by atoms with van der Waals surface area (Å²) in [5.74, 6) is -0.979. The Hall–Kier alpha value is -3.14. The van der Waals surface area contributed by atoms with Crippen LogP contribution in [0.5, 0.6) is 5.75 Å². The van der Waals surface area contributed by atoms with Gasteiger partial charge in [-0.25, -0.2) is 13.2 Å². The summed E-state index contributed by atoms with van der Waals surface area (Å²) in [6, 6.07) is 10.2. The first-order chi connectivity index (χ1) is 11.3. The Bertz CT molecular complexity index is 863. The van der Waals surface area contributed by atoms with E-state index in [0.29, 0.717) is 0 Å². The molecule has 2 N–H and O–H groups in total. The average molecular weight is 352 g/mol. The zero-order valence-electron chi connectivity index (χ0n) is 12.1. The number of anilines is 1. The molecule has 9 nitrogen and oxygen atoms in total. The summed E-state index contributed by atoms with van der Waals surface area (Å²) >= 11 is 0. The Morgan fingerprint density at radius 1 is 1.21 bits per heavy atom. The second kappa shape index (κ2) is 6.96. The summed E-state index contributed by atoms with van der Waals surface area (Å²) in [6.45, 7) is -0.557. The number of nitrogens with one attached hydrogen (secondary N) is 1. The van der Waals surface area contributed by atoms with Crippen LogP contribution in [0.1, 0.15) is 0 Å². The van der Waals surface area contributed by atoms with Gasteiger partial charge in [-0.1, -0.05) is 6.07 Å². The van der Waals surface area contributed by atoms with E-state index in [1.54, 1.807) is 0 Å². The minimum absolute atomic E-state index is 0.148. The molecular weight excluding hydrogens is 340 g/mol. The van der Waals surface area contributed by atoms with E-state index in [-0.39, 0.29) is 22.0 Å². The highest BCUT2D eigenvalue weighted by atomic mass is 32.2. The van der Waals surface area contributed by atoms with Crippen LogP contribution in [0.4, 0.5) is 11.4 Å². The minimum atomic E-state index is -3.95. The van der Waals surface area contributed by atoms with Gasteiger partial charge in [0, 0.05) is 18.2 Å². The molecule has 0 amide bonds. The first-order valence-corrected chi connectivity index (χ1v) is 7.98. The molecule has 0 aliphatic heterocycles. The lowest BCUT2D eigenvalue weighted by atomic mass is 10.3. The fraction of sp³-hybridized carbons (Fsp3) is 0.0714. The molecule has 0 fully saturated rings. The molecule has 0 bridgehead atoms. The number of hydrogen-bond acceptors (Lipinski definition) is 6. The molecule has 0 saturated heterocycles. The van der Waals surface area contributed by atoms with Gasteiger partial charge in [0.1, 0.15) is 5.75 Å². The van der Waals surface area contributed by atoms with Gasteiger partial charge in [-0.3, -0.25) is 14.8 Å². The Kier molecular flexibility index (Phi) is 4.99. The number of ether oxygens (including phenoxy) is 1. The molecule has 0 unspecified atom stereocenters. The molecule has 10 heteroatoms. The molecule has 0 aromatic heterocycles. The molecule has 2 aromatic rings. The van der Waals surface area contributed by atoms with Gasteiger partial charge < -0.3 is 9.84 Å². The van der Waals surface area contributed by atoms with Crippen molar-refractivity contribution in [3.8, 4) is 5.75 Å². The number of carbonyl (C=O) groups is 1. The van der Waals surface area contributed by atoms with Crippen molar-refractivity contribution >= 4 is 27.4 Å². The van der Waals surface area contributed by atoms with E-state index in [9.17, 15) is 23.3 Å². The van der Waals surface area contributed by atoms with E-state index < -0.39 is 27.5 Å². The van der Waals surface area contributed by atoms with Crippen LogP contribution in [0.3, 0.4) is 0 Å². The van der Waals surface area contributed by atoms with Gasteiger partial charge in [0.15, 0.2) is 6.61 Å². The van der Waals surface area contributed by atoms with Crippen LogP contribution in [-0.4, -0.2) is 31.0 Å². The molecule has 0 heterocycles. The molecule has 0 radical (unpaired) electrons. The number of aliphatic carboxylic acids is 1. The third-order valence-corrected chi connectivity index (χ3v) is 4.20. The molecule has 0 spiro atoms. The van der Waals surface area contributed by atoms with Crippen LogP contribution in [-0.2, 0) is 14.8 Å². The Balaban J connectivity index is 2.18. The number of carboxylic acid groups (broad SMARTS) is 1. The molecule has 0 aliphatic rings. The predicted octanol–water partition coefficient (Wildman–Crippen LogP) is 1.86. The van der Waals surface area contributed by atoms with Crippen molar-refractivity contribution < 1.29 is 28.0 Å². The van der Waals surface area contributed by atoms with Crippen molar-refractivity contribution in [1.29, 1.82) is 0 Å². The summed E-state index contributed by atoms with van der Waals surface area (Å²) in [6.07, 6.45) is 0. The summed E-state index contributed by atoms with van der Waals surface area (Å²) < 4.78 is 31.7. The Morgan fingerprint density at radius 3 is 2.46 bits per heavy atom. The smallest absolute Gasteiger partial charge is 0.341 e. The van der Waals surface area contributed by atoms with Gasteiger partial charge in [0.25, 0.3) is 15.7 Å². The molecular formula is C14H12N2O7S. The molecule has 2 rings (SSSR count). The zero-order chi connectivity index (χ0) is 17.7. The highest BCUT2D eigenvalue weighted by Crippen LogP contribution is 2.22. The van der Waals surface area contributed by atoms with E-state index in [2.05, 4.69) is 4.72 Å². The van der Waals surface area contributed by atoms with Gasteiger partial charge in [0.05, 0.1) is 15.5 Å². The Morgan fingerprint density at radius 2 is 1.88 bits per heavy atom. The van der Waals surface area contributed by atoms with Crippen molar-refractivity contribution in [3.05, 3.63) is 58.6 Å². The van der Waals surface area contributed by atoms with E-state index in [1.807, 2.05) is 0 Å². The number of sulfonamides is 1. The second-order valence-corrected chi connectivity index (χ2v) is 6.25. The molecule has 0 aliphatic carbocycles. The van der Waals surface area contributed by atoms with Crippen molar-refractivity contribution in [2.45, 2.75) is 4.90 Å². The maximum absolute atomic E-state index is 12.2. The highest BCUT2D eigenvalue weighted by molar-refractivity contribution is 7.92. The van der Waals surface area contributed by atoms with Crippen LogP contribution in [0.25, 0.3) is 0 Å². The summed E-state index contributed by atoms with van der Waals surface area (Å²) in [7, 11) is -3.95. The number of rotatable bonds is 7. The highest BCUT2D eigenvalue weighted by Gasteiger charge is 2.16. The van der Waals surface area contributed by atoms with Crippen molar-refractivity contribution in [1.82, 2.24) is 0 Å². The van der Waals surface area contributed by atoms with Gasteiger partial charge in [-0.15, -0.1) is 0 Å². The standard InChI is InChI=1S/C14H12N2O7S/c17-14(18)9-23-12-3-1-2-10(8-12)15-24(21,22)13-6-4-11(5-7-13)16(19)20/h1-8,15H,9H2,(H,17,18). The molecule has 0 atom stereocenters. The predicted molar refractivity (Wildman–Crippen MR) is 83.5 cm³/mol. The van der Waals surface area contributed by atoms with Crippen LogP contribution in [0, 0.1) is 10.1 Å². The maximum atomic E-state index is 12.2. The van der Waals surface area contributed by atoms with E-state index in [4.69, 9.17) is 9.84 Å². The zero-order valence-corrected chi connectivity index (χ0v) is 12.9. The van der Waals surface area contributed by atoms with Gasteiger partial charge in [-0.05, 0) is 24.3 Å². The number of benzene rings is 2. The lowest BCUT2D eigenvalue weighted by molar-refractivity contribution is -0.384. The van der Waals surface area contributed by atoms with Crippen LogP contribution in [0.15, 0.2) is 53.4 Å². The van der Waals surface area contributed by atoms with E-state index >= 15 is 0 Å². The molecule has 24 heavy (non-hydrogen) atoms. The lowest BCUT2D eigenvalue weighted by Crippen LogP contribution is -2.13. The normalized spacial score (nSPS) is 10.8. The largest absolute Gasteiger partial charge is 0.482 e. The number of hydrogen-bond donors (Lipinski definition) is 2. The van der Waals surface area contributed by atoms with Gasteiger partial charge >= 0.3 is 5.97 Å². The summed E-state index contributed by atoms with van der Waals surface area (Å²) in [4.78, 5) is 20.3. The van der Waals surface area contributed by atoms with Crippen LogP contribution in [0.2, 0.25) is 0 Å². The fourth-order valence-corrected chi connectivity index (χ4v) is 2.81. The molecule has 0 saturated carbocycles. The third-order valence-electron chi connectivity index (χ3n) is 2.81. The molecule has 126 valence electrons. The SMILES string of the molecule is O=C(O)COc1cccc(NS(=O)(=O)c2ccc([N+](=O)[O-])cc2)c1. The monoisotopic (exact) mass is 352 g/mol. The number of carboxylic acids is 1. The molecule has 2 aromatic carbocycles. The lowest BCUT2D eigenvalue weighted by Gasteiger charge is -2.09. The van der Waals surface area contributed by atoms with Gasteiger partial charge in [-0.2, -0.15) is 0 Å². The number of nitrogens with zero attached hydrogens (tertiary/aromatic N) is 1. The van der Waals surface area contributed by atoms with Gasteiger partial charge in [0.2, 0.25) is 0 Å². The maximum Gasteiger partial charge on any atom is 0.341 e. The topological polar surface area (TPSA) is 136 Å². The first-order valence-electron chi connectivity index (χ1n) is 6.50. The van der Waals surface area contributed by atoms with Crippen molar-refractivity contribution in [2.75, 3.05) is 11.3 Å². The number of nitro benzene ring substituents is 1. The minimum Gasteiger partial charge on any atom is -0.482 e. The third kappa shape index (κ3) is 4.43. The van der Waals surface area contributed by atoms with E-state index in [1.165, 1.54) is 24.3 Å². The average Bonchev–Trinajstić information content (AvgIpc) is 2.53. The van der Waals surface area contributed by atoms with Crippen molar-refractivity contribution in [3.63, 3.8) is 0 Å². The second-order valence-electron chi connectivity index (χ2n) is 4.57. The first kappa shape index (κ1) is 17.2. The van der Waals surface area contributed by atoms with Crippen LogP contribution < -0.4 is 9.46 Å². The Labute approximate surface area is 136 Å². The quantitative estimate of drug-likeness (QED) is 0.573. The summed E-state index contributed by atoms with van der Waals surface area (Å²) in [5, 5.41) is 19.1. The number of nitro groups is 1. The van der Waals surface area contributed by atoms with Crippen molar-refractivity contribution in [2.24, 2.45) is 0 Å². The number of non-ortho nitro benzene ring substituents is 1. The summed E-state index contributed by atoms with van der Waals surface area (Å²) in [5.41, 5.74) is -0.0609. The van der Waals surface area contributed by atoms with Crippen LogP contribution >= 0.6 is 0 Å². The van der Waals surface area contributed by atoms with E-state index in [0.717, 1.165) is 24.3 Å². The fourth-order valence-electron chi connectivity index (χ4n) is 1.76.